The van der Waals surface area contributed by atoms with Crippen molar-refractivity contribution in [2.24, 2.45) is 0 Å². The van der Waals surface area contributed by atoms with Gasteiger partial charge < -0.3 is 14.8 Å². The molecule has 0 bridgehead atoms. The molecule has 174 valence electrons. The van der Waals surface area contributed by atoms with Crippen LogP contribution in [0.3, 0.4) is 0 Å². The minimum absolute atomic E-state index is 0.308. The van der Waals surface area contributed by atoms with Crippen molar-refractivity contribution in [3.63, 3.8) is 0 Å². The summed E-state index contributed by atoms with van der Waals surface area (Å²) in [6.07, 6.45) is 1.22. The van der Waals surface area contributed by atoms with Gasteiger partial charge in [-0.2, -0.15) is 5.10 Å². The standard InChI is InChI=1S/C26H24FN3O4/c1-17(29-25(32)16-33-18(2)31)26(19-6-4-3-5-7-19)34-23-12-13-24-20(14-23)15-28-30(24)22-10-8-21(27)9-11-22/h3-15,17,26H,16H2,1-2H3,(H,29,32)/t17-,26+/m0/s1. The molecule has 1 amide bonds. The molecule has 1 heterocycles. The van der Waals surface area contributed by atoms with Gasteiger partial charge in [-0.25, -0.2) is 9.07 Å². The van der Waals surface area contributed by atoms with E-state index < -0.39 is 24.0 Å². The minimum atomic E-state index is -0.520. The zero-order valence-corrected chi connectivity index (χ0v) is 18.8. The molecule has 34 heavy (non-hydrogen) atoms. The molecule has 0 fully saturated rings. The van der Waals surface area contributed by atoms with Crippen molar-refractivity contribution < 1.29 is 23.5 Å². The molecule has 0 aliphatic carbocycles. The van der Waals surface area contributed by atoms with Gasteiger partial charge in [0.1, 0.15) is 17.7 Å². The van der Waals surface area contributed by atoms with E-state index in [1.807, 2.05) is 55.5 Å². The molecule has 1 aromatic heterocycles. The number of esters is 1. The maximum atomic E-state index is 13.3. The van der Waals surface area contributed by atoms with Crippen molar-refractivity contribution in [1.82, 2.24) is 15.1 Å². The number of nitrogens with zero attached hydrogens (tertiary/aromatic N) is 2. The molecule has 0 spiro atoms. The summed E-state index contributed by atoms with van der Waals surface area (Å²) in [7, 11) is 0. The number of ether oxygens (including phenoxy) is 2. The maximum absolute atomic E-state index is 13.3. The van der Waals surface area contributed by atoms with Crippen LogP contribution in [0.1, 0.15) is 25.5 Å². The molecule has 0 aliphatic heterocycles. The Morgan fingerprint density at radius 3 is 2.50 bits per heavy atom. The zero-order chi connectivity index (χ0) is 24.1. The third kappa shape index (κ3) is 5.40. The highest BCUT2D eigenvalue weighted by Crippen LogP contribution is 2.29. The van der Waals surface area contributed by atoms with E-state index in [0.29, 0.717) is 5.75 Å². The SMILES string of the molecule is CC(=O)OCC(=O)N[C@@H](C)[C@@H](Oc1ccc2c(cnn2-c2ccc(F)cc2)c1)c1ccccc1. The highest BCUT2D eigenvalue weighted by atomic mass is 19.1. The predicted octanol–water partition coefficient (Wildman–Crippen LogP) is 4.35. The quantitative estimate of drug-likeness (QED) is 0.395. The fourth-order valence-corrected chi connectivity index (χ4v) is 3.66. The molecule has 4 rings (SSSR count). The second-order valence-corrected chi connectivity index (χ2v) is 7.84. The number of halogens is 1. The molecule has 8 heteroatoms. The second kappa shape index (κ2) is 10.2. The number of rotatable bonds is 8. The summed E-state index contributed by atoms with van der Waals surface area (Å²) >= 11 is 0. The van der Waals surface area contributed by atoms with Crippen LogP contribution in [0.4, 0.5) is 4.39 Å². The van der Waals surface area contributed by atoms with E-state index in [1.165, 1.54) is 19.1 Å². The van der Waals surface area contributed by atoms with Gasteiger partial charge in [0.2, 0.25) is 0 Å². The lowest BCUT2D eigenvalue weighted by Crippen LogP contribution is -2.41. The molecule has 2 atom stereocenters. The molecular formula is C26H24FN3O4. The lowest BCUT2D eigenvalue weighted by atomic mass is 10.0. The van der Waals surface area contributed by atoms with Crippen LogP contribution < -0.4 is 10.1 Å². The number of carbonyl (C=O) groups excluding carboxylic acids is 2. The number of fused-ring (bicyclic) bond motifs is 1. The number of amides is 1. The van der Waals surface area contributed by atoms with Crippen LogP contribution in [0.2, 0.25) is 0 Å². The highest BCUT2D eigenvalue weighted by Gasteiger charge is 2.23. The van der Waals surface area contributed by atoms with Crippen molar-refractivity contribution in [1.29, 1.82) is 0 Å². The molecule has 4 aromatic rings. The summed E-state index contributed by atoms with van der Waals surface area (Å²) in [5, 5.41) is 8.10. The van der Waals surface area contributed by atoms with Crippen molar-refractivity contribution in [3.8, 4) is 11.4 Å². The molecule has 0 aliphatic rings. The summed E-state index contributed by atoms with van der Waals surface area (Å²) < 4.78 is 26.1. The van der Waals surface area contributed by atoms with Crippen LogP contribution in [0.15, 0.2) is 79.0 Å². The van der Waals surface area contributed by atoms with Crippen LogP contribution in [0, 0.1) is 5.82 Å². The lowest BCUT2D eigenvalue weighted by Gasteiger charge is -2.26. The van der Waals surface area contributed by atoms with Crippen molar-refractivity contribution in [3.05, 3.63) is 90.4 Å². The number of carbonyl (C=O) groups is 2. The number of hydrogen-bond acceptors (Lipinski definition) is 5. The monoisotopic (exact) mass is 461 g/mol. The van der Waals surface area contributed by atoms with Gasteiger partial charge in [-0.1, -0.05) is 30.3 Å². The van der Waals surface area contributed by atoms with Gasteiger partial charge in [0.05, 0.1) is 23.4 Å². The molecule has 7 nitrogen and oxygen atoms in total. The number of hydrogen-bond donors (Lipinski definition) is 1. The fraction of sp³-hybridized carbons (Fsp3) is 0.192. The Kier molecular flexibility index (Phi) is 6.87. The van der Waals surface area contributed by atoms with E-state index in [1.54, 1.807) is 23.0 Å². The smallest absolute Gasteiger partial charge is 0.303 e. The molecule has 0 saturated carbocycles. The van der Waals surface area contributed by atoms with E-state index >= 15 is 0 Å². The summed E-state index contributed by atoms with van der Waals surface area (Å²) in [6, 6.07) is 20.8. The third-order valence-corrected chi connectivity index (χ3v) is 5.25. The Hall–Kier alpha value is -4.20. The average Bonchev–Trinajstić information content (AvgIpc) is 3.25. The summed E-state index contributed by atoms with van der Waals surface area (Å²) in [5.41, 5.74) is 2.47. The molecular weight excluding hydrogens is 437 g/mol. The number of aromatic nitrogens is 2. The van der Waals surface area contributed by atoms with Gasteiger partial charge in [-0.15, -0.1) is 0 Å². The largest absolute Gasteiger partial charge is 0.484 e. The first-order valence-corrected chi connectivity index (χ1v) is 10.8. The normalized spacial score (nSPS) is 12.7. The summed E-state index contributed by atoms with van der Waals surface area (Å²) in [5.74, 6) is -0.644. The minimum Gasteiger partial charge on any atom is -0.484 e. The first-order valence-electron chi connectivity index (χ1n) is 10.8. The van der Waals surface area contributed by atoms with Gasteiger partial charge in [0.25, 0.3) is 5.91 Å². The zero-order valence-electron chi connectivity index (χ0n) is 18.8. The van der Waals surface area contributed by atoms with Crippen molar-refractivity contribution in [2.45, 2.75) is 26.0 Å². The Bertz CT molecular complexity index is 1290. The highest BCUT2D eigenvalue weighted by molar-refractivity contribution is 5.82. The molecule has 0 saturated heterocycles. The van der Waals surface area contributed by atoms with Crippen molar-refractivity contribution in [2.75, 3.05) is 6.61 Å². The third-order valence-electron chi connectivity index (χ3n) is 5.25. The Balaban J connectivity index is 1.57. The van der Waals surface area contributed by atoms with Gasteiger partial charge in [-0.3, -0.25) is 9.59 Å². The van der Waals surface area contributed by atoms with E-state index in [9.17, 15) is 14.0 Å². The van der Waals surface area contributed by atoms with Crippen LogP contribution in [-0.2, 0) is 14.3 Å². The molecule has 0 radical (unpaired) electrons. The maximum Gasteiger partial charge on any atom is 0.303 e. The van der Waals surface area contributed by atoms with E-state index in [0.717, 1.165) is 22.2 Å². The van der Waals surface area contributed by atoms with Crippen LogP contribution >= 0.6 is 0 Å². The second-order valence-electron chi connectivity index (χ2n) is 7.84. The molecule has 1 N–H and O–H groups in total. The van der Waals surface area contributed by atoms with E-state index in [-0.39, 0.29) is 12.4 Å². The summed E-state index contributed by atoms with van der Waals surface area (Å²) in [6.45, 7) is 2.73. The molecule has 3 aromatic carbocycles. The first-order chi connectivity index (χ1) is 16.4. The van der Waals surface area contributed by atoms with Gasteiger partial charge >= 0.3 is 5.97 Å². The average molecular weight is 461 g/mol. The Morgan fingerprint density at radius 2 is 1.79 bits per heavy atom. The van der Waals surface area contributed by atoms with Crippen molar-refractivity contribution >= 4 is 22.8 Å². The van der Waals surface area contributed by atoms with Crippen LogP contribution in [0.25, 0.3) is 16.6 Å². The number of nitrogens with one attached hydrogen (secondary N) is 1. The van der Waals surface area contributed by atoms with Crippen LogP contribution in [-0.4, -0.2) is 34.3 Å². The van der Waals surface area contributed by atoms with Gasteiger partial charge in [-0.05, 0) is 55.0 Å². The summed E-state index contributed by atoms with van der Waals surface area (Å²) in [4.78, 5) is 23.2. The van der Waals surface area contributed by atoms with E-state index in [4.69, 9.17) is 9.47 Å². The lowest BCUT2D eigenvalue weighted by molar-refractivity contribution is -0.146. The number of benzene rings is 3. The first kappa shape index (κ1) is 23.0. The van der Waals surface area contributed by atoms with Gasteiger partial charge in [0.15, 0.2) is 6.61 Å². The molecule has 0 unspecified atom stereocenters. The fourth-order valence-electron chi connectivity index (χ4n) is 3.66. The Labute approximate surface area is 196 Å². The Morgan fingerprint density at radius 1 is 1.06 bits per heavy atom. The topological polar surface area (TPSA) is 82.5 Å². The van der Waals surface area contributed by atoms with Gasteiger partial charge in [0, 0.05) is 12.3 Å². The van der Waals surface area contributed by atoms with E-state index in [2.05, 4.69) is 10.4 Å². The predicted molar refractivity (Wildman–Crippen MR) is 125 cm³/mol. The van der Waals surface area contributed by atoms with Crippen LogP contribution in [0.5, 0.6) is 5.75 Å².